The summed E-state index contributed by atoms with van der Waals surface area (Å²) < 4.78 is 5.75. The fraction of sp³-hybridized carbons (Fsp3) is 0.500. The summed E-state index contributed by atoms with van der Waals surface area (Å²) in [5, 5.41) is 12.0. The van der Waals surface area contributed by atoms with Gasteiger partial charge in [0.1, 0.15) is 11.9 Å². The molecule has 0 aliphatic carbocycles. The van der Waals surface area contributed by atoms with Gasteiger partial charge >= 0.3 is 0 Å². The van der Waals surface area contributed by atoms with E-state index in [2.05, 4.69) is 13.8 Å². The molecule has 0 spiro atoms. The third-order valence-corrected chi connectivity index (χ3v) is 3.87. The van der Waals surface area contributed by atoms with Gasteiger partial charge in [0.25, 0.3) is 0 Å². The van der Waals surface area contributed by atoms with Crippen LogP contribution in [-0.2, 0) is 0 Å². The molecule has 0 fully saturated rings. The summed E-state index contributed by atoms with van der Waals surface area (Å²) in [6.45, 7) is 4.29. The summed E-state index contributed by atoms with van der Waals surface area (Å²) in [6.07, 6.45) is 3.63. The summed E-state index contributed by atoms with van der Waals surface area (Å²) in [4.78, 5) is 0. The minimum Gasteiger partial charge on any atom is -0.457 e. The maximum atomic E-state index is 10.5. The van der Waals surface area contributed by atoms with Gasteiger partial charge in [0, 0.05) is 5.39 Å². The van der Waals surface area contributed by atoms with Crippen molar-refractivity contribution in [3.05, 3.63) is 35.0 Å². The summed E-state index contributed by atoms with van der Waals surface area (Å²) in [5.41, 5.74) is 0.671. The Kier molecular flexibility index (Phi) is 4.89. The van der Waals surface area contributed by atoms with E-state index in [4.69, 9.17) is 16.0 Å². The number of hydrogen-bond donors (Lipinski definition) is 1. The predicted octanol–water partition coefficient (Wildman–Crippen LogP) is 5.34. The third-order valence-electron chi connectivity index (χ3n) is 3.57. The minimum absolute atomic E-state index is 0.259. The second-order valence-electron chi connectivity index (χ2n) is 5.09. The molecule has 1 atom stereocenters. The molecule has 19 heavy (non-hydrogen) atoms. The van der Waals surface area contributed by atoms with Gasteiger partial charge < -0.3 is 9.52 Å². The lowest BCUT2D eigenvalue weighted by molar-refractivity contribution is 0.0770. The Morgan fingerprint density at radius 2 is 1.89 bits per heavy atom. The first kappa shape index (κ1) is 14.4. The second-order valence-corrected chi connectivity index (χ2v) is 5.50. The largest absolute Gasteiger partial charge is 0.457 e. The van der Waals surface area contributed by atoms with Gasteiger partial charge in [-0.3, -0.25) is 0 Å². The molecule has 1 aromatic heterocycles. The van der Waals surface area contributed by atoms with Crippen LogP contribution in [0.5, 0.6) is 0 Å². The van der Waals surface area contributed by atoms with Crippen LogP contribution in [0.1, 0.15) is 51.4 Å². The lowest BCUT2D eigenvalue weighted by Crippen LogP contribution is -2.11. The molecule has 0 amide bonds. The first-order valence-corrected chi connectivity index (χ1v) is 7.41. The van der Waals surface area contributed by atoms with Crippen LogP contribution in [0.3, 0.4) is 0 Å². The van der Waals surface area contributed by atoms with Gasteiger partial charge in [-0.1, -0.05) is 50.4 Å². The van der Waals surface area contributed by atoms with Crippen LogP contribution in [0, 0.1) is 5.92 Å². The minimum atomic E-state index is -0.539. The lowest BCUT2D eigenvalue weighted by atomic mass is 9.91. The van der Waals surface area contributed by atoms with E-state index >= 15 is 0 Å². The van der Waals surface area contributed by atoms with E-state index in [0.29, 0.717) is 16.4 Å². The molecule has 0 aliphatic heterocycles. The Balaban J connectivity index is 2.29. The number of aliphatic hydroxyl groups excluding tert-OH is 1. The van der Waals surface area contributed by atoms with Crippen molar-refractivity contribution in [3.8, 4) is 0 Å². The Morgan fingerprint density at radius 1 is 1.21 bits per heavy atom. The van der Waals surface area contributed by atoms with Crippen molar-refractivity contribution >= 4 is 22.6 Å². The highest BCUT2D eigenvalue weighted by Crippen LogP contribution is 2.35. The van der Waals surface area contributed by atoms with Gasteiger partial charge in [0.05, 0.1) is 5.02 Å². The maximum absolute atomic E-state index is 10.5. The molecule has 0 radical (unpaired) electrons. The molecule has 104 valence electrons. The van der Waals surface area contributed by atoms with E-state index in [1.165, 1.54) is 0 Å². The molecule has 2 nitrogen and oxygen atoms in total. The molecule has 1 unspecified atom stereocenters. The molecule has 1 aromatic carbocycles. The Morgan fingerprint density at radius 3 is 2.47 bits per heavy atom. The standard InChI is InChI=1S/C16H21ClO2/c1-3-6-11(7-4-2)15(18)14-10-12-8-5-9-13(17)16(12)19-14/h5,8-11,15,18H,3-4,6-7H2,1-2H3. The van der Waals surface area contributed by atoms with E-state index in [1.807, 2.05) is 18.2 Å². The van der Waals surface area contributed by atoms with E-state index in [9.17, 15) is 5.11 Å². The first-order chi connectivity index (χ1) is 9.17. The summed E-state index contributed by atoms with van der Waals surface area (Å²) in [6, 6.07) is 7.56. The highest BCUT2D eigenvalue weighted by atomic mass is 35.5. The Bertz CT molecular complexity index is 527. The van der Waals surface area contributed by atoms with Crippen LogP contribution in [0.4, 0.5) is 0 Å². The number of halogens is 1. The zero-order valence-electron chi connectivity index (χ0n) is 11.5. The van der Waals surface area contributed by atoms with E-state index in [-0.39, 0.29) is 5.92 Å². The average Bonchev–Trinajstić information content (AvgIpc) is 2.83. The fourth-order valence-electron chi connectivity index (χ4n) is 2.63. The smallest absolute Gasteiger partial charge is 0.152 e. The van der Waals surface area contributed by atoms with Crippen LogP contribution in [-0.4, -0.2) is 5.11 Å². The number of aliphatic hydroxyl groups is 1. The lowest BCUT2D eigenvalue weighted by Gasteiger charge is -2.20. The van der Waals surface area contributed by atoms with Crippen molar-refractivity contribution in [2.45, 2.75) is 45.6 Å². The Labute approximate surface area is 119 Å². The molecule has 1 N–H and O–H groups in total. The number of para-hydroxylation sites is 1. The molecule has 3 heteroatoms. The van der Waals surface area contributed by atoms with Crippen molar-refractivity contribution in [1.82, 2.24) is 0 Å². The Hall–Kier alpha value is -0.990. The van der Waals surface area contributed by atoms with Crippen LogP contribution >= 0.6 is 11.6 Å². The zero-order chi connectivity index (χ0) is 13.8. The molecule has 1 heterocycles. The number of benzene rings is 1. The van der Waals surface area contributed by atoms with Crippen LogP contribution in [0.15, 0.2) is 28.7 Å². The van der Waals surface area contributed by atoms with Gasteiger partial charge in [0.15, 0.2) is 5.58 Å². The highest BCUT2D eigenvalue weighted by molar-refractivity contribution is 6.34. The number of furan rings is 1. The molecular formula is C16H21ClO2. The van der Waals surface area contributed by atoms with E-state index in [0.717, 1.165) is 31.1 Å². The van der Waals surface area contributed by atoms with Crippen molar-refractivity contribution in [2.24, 2.45) is 5.92 Å². The summed E-state index contributed by atoms with van der Waals surface area (Å²) >= 11 is 6.10. The molecule has 2 aromatic rings. The number of hydrogen-bond acceptors (Lipinski definition) is 2. The first-order valence-electron chi connectivity index (χ1n) is 7.03. The van der Waals surface area contributed by atoms with E-state index < -0.39 is 6.10 Å². The predicted molar refractivity (Wildman–Crippen MR) is 79.5 cm³/mol. The van der Waals surface area contributed by atoms with Gasteiger partial charge in [-0.2, -0.15) is 0 Å². The van der Waals surface area contributed by atoms with Gasteiger partial charge in [-0.05, 0) is 30.9 Å². The summed E-state index contributed by atoms with van der Waals surface area (Å²) in [5.74, 6) is 0.893. The maximum Gasteiger partial charge on any atom is 0.152 e. The van der Waals surface area contributed by atoms with Gasteiger partial charge in [0.2, 0.25) is 0 Å². The summed E-state index contributed by atoms with van der Waals surface area (Å²) in [7, 11) is 0. The van der Waals surface area contributed by atoms with Crippen molar-refractivity contribution < 1.29 is 9.52 Å². The van der Waals surface area contributed by atoms with Crippen LogP contribution in [0.2, 0.25) is 5.02 Å². The topological polar surface area (TPSA) is 33.4 Å². The van der Waals surface area contributed by atoms with Crippen molar-refractivity contribution in [3.63, 3.8) is 0 Å². The molecule has 0 aliphatic rings. The molecular weight excluding hydrogens is 260 g/mol. The second kappa shape index (κ2) is 6.44. The average molecular weight is 281 g/mol. The molecule has 2 rings (SSSR count). The quantitative estimate of drug-likeness (QED) is 0.775. The normalized spacial score (nSPS) is 13.3. The molecule has 0 bridgehead atoms. The van der Waals surface area contributed by atoms with Crippen molar-refractivity contribution in [2.75, 3.05) is 0 Å². The zero-order valence-corrected chi connectivity index (χ0v) is 12.3. The van der Waals surface area contributed by atoms with Crippen LogP contribution in [0.25, 0.3) is 11.0 Å². The van der Waals surface area contributed by atoms with Crippen molar-refractivity contribution in [1.29, 1.82) is 0 Å². The number of fused-ring (bicyclic) bond motifs is 1. The molecule has 0 saturated carbocycles. The molecule has 0 saturated heterocycles. The van der Waals surface area contributed by atoms with Gasteiger partial charge in [-0.15, -0.1) is 0 Å². The fourth-order valence-corrected chi connectivity index (χ4v) is 2.85. The van der Waals surface area contributed by atoms with E-state index in [1.54, 1.807) is 6.07 Å². The third kappa shape index (κ3) is 3.13. The van der Waals surface area contributed by atoms with Gasteiger partial charge in [-0.25, -0.2) is 0 Å². The van der Waals surface area contributed by atoms with Crippen LogP contribution < -0.4 is 0 Å². The highest BCUT2D eigenvalue weighted by Gasteiger charge is 2.23. The SMILES string of the molecule is CCCC(CCC)C(O)c1cc2cccc(Cl)c2o1. The monoisotopic (exact) mass is 280 g/mol. The number of rotatable bonds is 6.